The zero-order valence-corrected chi connectivity index (χ0v) is 17.8. The zero-order chi connectivity index (χ0) is 20.1. The first-order valence-corrected chi connectivity index (χ1v) is 11.5. The molecule has 2 aliphatic rings. The number of halogens is 1. The number of hydrogen-bond donors (Lipinski definition) is 2. The van der Waals surface area contributed by atoms with E-state index in [4.69, 9.17) is 0 Å². The number of anilines is 1. The summed E-state index contributed by atoms with van der Waals surface area (Å²) in [5.74, 6) is 3.04. The molecule has 0 unspecified atom stereocenters. The van der Waals surface area contributed by atoms with Crippen LogP contribution < -0.4 is 15.5 Å². The Morgan fingerprint density at radius 3 is 2.52 bits per heavy atom. The van der Waals surface area contributed by atoms with Crippen LogP contribution in [0.1, 0.15) is 24.0 Å². The van der Waals surface area contributed by atoms with Crippen molar-refractivity contribution in [3.05, 3.63) is 65.5 Å². The van der Waals surface area contributed by atoms with Gasteiger partial charge in [0.15, 0.2) is 5.96 Å². The number of hydrogen-bond acceptors (Lipinski definition) is 3. The molecule has 4 rings (SSSR count). The number of benzene rings is 2. The molecule has 1 aliphatic heterocycles. The molecule has 2 fully saturated rings. The van der Waals surface area contributed by atoms with Crippen molar-refractivity contribution in [2.24, 2.45) is 4.99 Å². The Morgan fingerprint density at radius 2 is 1.86 bits per heavy atom. The SMILES string of the molecule is CN=C(NCc1ccc(N2CCSCC2)cc1)NCC1(c2cccc(F)c2)CC1. The molecular formula is C23H29FN4S. The average molecular weight is 413 g/mol. The minimum Gasteiger partial charge on any atom is -0.370 e. The quantitative estimate of drug-likeness (QED) is 0.560. The Kier molecular flexibility index (Phi) is 6.28. The van der Waals surface area contributed by atoms with Crippen LogP contribution in [0.25, 0.3) is 0 Å². The fraction of sp³-hybridized carbons (Fsp3) is 0.435. The van der Waals surface area contributed by atoms with Gasteiger partial charge in [-0.05, 0) is 48.2 Å². The van der Waals surface area contributed by atoms with Crippen LogP contribution in [0, 0.1) is 5.82 Å². The molecule has 2 aromatic carbocycles. The van der Waals surface area contributed by atoms with Crippen LogP contribution in [-0.4, -0.2) is 44.1 Å². The van der Waals surface area contributed by atoms with E-state index in [0.717, 1.165) is 50.5 Å². The highest BCUT2D eigenvalue weighted by Gasteiger charge is 2.44. The number of nitrogens with zero attached hydrogens (tertiary/aromatic N) is 2. The number of nitrogens with one attached hydrogen (secondary N) is 2. The van der Waals surface area contributed by atoms with E-state index in [1.165, 1.54) is 28.8 Å². The van der Waals surface area contributed by atoms with E-state index >= 15 is 0 Å². The Bertz CT molecular complexity index is 842. The fourth-order valence-electron chi connectivity index (χ4n) is 3.84. The van der Waals surface area contributed by atoms with Crippen LogP contribution in [-0.2, 0) is 12.0 Å². The molecule has 0 spiro atoms. The lowest BCUT2D eigenvalue weighted by Crippen LogP contribution is -2.40. The third kappa shape index (κ3) is 5.04. The highest BCUT2D eigenvalue weighted by Crippen LogP contribution is 2.47. The molecule has 4 nitrogen and oxygen atoms in total. The van der Waals surface area contributed by atoms with Crippen LogP contribution in [0.4, 0.5) is 10.1 Å². The Balaban J connectivity index is 1.28. The van der Waals surface area contributed by atoms with E-state index in [9.17, 15) is 4.39 Å². The summed E-state index contributed by atoms with van der Waals surface area (Å²) >= 11 is 2.03. The van der Waals surface area contributed by atoms with Gasteiger partial charge < -0.3 is 15.5 Å². The van der Waals surface area contributed by atoms with Gasteiger partial charge in [0.05, 0.1) is 0 Å². The largest absolute Gasteiger partial charge is 0.370 e. The first-order chi connectivity index (χ1) is 14.2. The molecule has 1 saturated carbocycles. The summed E-state index contributed by atoms with van der Waals surface area (Å²) in [5, 5.41) is 6.83. The lowest BCUT2D eigenvalue weighted by atomic mass is 9.96. The Morgan fingerprint density at radius 1 is 1.10 bits per heavy atom. The van der Waals surface area contributed by atoms with Gasteiger partial charge in [-0.15, -0.1) is 0 Å². The summed E-state index contributed by atoms with van der Waals surface area (Å²) in [6.45, 7) is 3.75. The molecule has 2 aromatic rings. The third-order valence-electron chi connectivity index (χ3n) is 5.88. The topological polar surface area (TPSA) is 39.7 Å². The maximum Gasteiger partial charge on any atom is 0.191 e. The van der Waals surface area contributed by atoms with Crippen molar-refractivity contribution in [3.63, 3.8) is 0 Å². The lowest BCUT2D eigenvalue weighted by Gasteiger charge is -2.28. The van der Waals surface area contributed by atoms with Crippen molar-refractivity contribution >= 4 is 23.4 Å². The maximum atomic E-state index is 13.6. The van der Waals surface area contributed by atoms with Crippen molar-refractivity contribution in [3.8, 4) is 0 Å². The summed E-state index contributed by atoms with van der Waals surface area (Å²) in [6, 6.07) is 15.8. The van der Waals surface area contributed by atoms with E-state index in [-0.39, 0.29) is 11.2 Å². The third-order valence-corrected chi connectivity index (χ3v) is 6.82. The summed E-state index contributed by atoms with van der Waals surface area (Å²) in [5.41, 5.74) is 3.65. The number of thioether (sulfide) groups is 1. The molecule has 0 amide bonds. The van der Waals surface area contributed by atoms with Crippen molar-refractivity contribution in [1.82, 2.24) is 10.6 Å². The summed E-state index contributed by atoms with van der Waals surface area (Å²) in [4.78, 5) is 6.80. The van der Waals surface area contributed by atoms with Gasteiger partial charge in [-0.25, -0.2) is 4.39 Å². The second kappa shape index (κ2) is 9.08. The van der Waals surface area contributed by atoms with E-state index < -0.39 is 0 Å². The van der Waals surface area contributed by atoms with Crippen LogP contribution in [0.2, 0.25) is 0 Å². The normalized spacial score (nSPS) is 18.4. The fourth-order valence-corrected chi connectivity index (χ4v) is 4.75. The highest BCUT2D eigenvalue weighted by atomic mass is 32.2. The predicted molar refractivity (Wildman–Crippen MR) is 121 cm³/mol. The molecule has 29 heavy (non-hydrogen) atoms. The van der Waals surface area contributed by atoms with Gasteiger partial charge in [0.25, 0.3) is 0 Å². The number of guanidine groups is 1. The molecule has 2 N–H and O–H groups in total. The molecule has 0 atom stereocenters. The van der Waals surface area contributed by atoms with Gasteiger partial charge in [0.2, 0.25) is 0 Å². The lowest BCUT2D eigenvalue weighted by molar-refractivity contribution is 0.607. The molecule has 1 heterocycles. The van der Waals surface area contributed by atoms with Gasteiger partial charge in [-0.1, -0.05) is 24.3 Å². The minimum absolute atomic E-state index is 0.0358. The predicted octanol–water partition coefficient (Wildman–Crippen LogP) is 3.78. The number of rotatable bonds is 6. The van der Waals surface area contributed by atoms with E-state index in [0.29, 0.717) is 0 Å². The van der Waals surface area contributed by atoms with Crippen molar-refractivity contribution in [1.29, 1.82) is 0 Å². The molecule has 6 heteroatoms. The summed E-state index contributed by atoms with van der Waals surface area (Å²) < 4.78 is 13.6. The van der Waals surface area contributed by atoms with E-state index in [1.54, 1.807) is 19.2 Å². The Labute approximate surface area is 177 Å². The first kappa shape index (κ1) is 20.1. The van der Waals surface area contributed by atoms with Gasteiger partial charge in [-0.3, -0.25) is 4.99 Å². The standard InChI is InChI=1S/C23H29FN4S/c1-25-22(27-17-23(9-10-23)19-3-2-4-20(24)15-19)26-16-18-5-7-21(8-6-18)28-11-13-29-14-12-28/h2-8,15H,9-14,16-17H2,1H3,(H2,25,26,27). The first-order valence-electron chi connectivity index (χ1n) is 10.3. The van der Waals surface area contributed by atoms with Crippen LogP contribution in [0.3, 0.4) is 0 Å². The van der Waals surface area contributed by atoms with E-state index in [1.807, 2.05) is 17.8 Å². The van der Waals surface area contributed by atoms with E-state index in [2.05, 4.69) is 44.8 Å². The maximum absolute atomic E-state index is 13.6. The summed E-state index contributed by atoms with van der Waals surface area (Å²) in [7, 11) is 1.79. The van der Waals surface area contributed by atoms with Gasteiger partial charge >= 0.3 is 0 Å². The van der Waals surface area contributed by atoms with Crippen molar-refractivity contribution < 1.29 is 4.39 Å². The molecule has 1 saturated heterocycles. The Hall–Kier alpha value is -2.21. The molecule has 1 aliphatic carbocycles. The molecule has 0 aromatic heterocycles. The molecular weight excluding hydrogens is 383 g/mol. The van der Waals surface area contributed by atoms with Gasteiger partial charge in [-0.2, -0.15) is 11.8 Å². The van der Waals surface area contributed by atoms with Crippen LogP contribution in [0.15, 0.2) is 53.5 Å². The molecule has 0 bridgehead atoms. The molecule has 154 valence electrons. The van der Waals surface area contributed by atoms with Gasteiger partial charge in [0.1, 0.15) is 5.82 Å². The van der Waals surface area contributed by atoms with Crippen molar-refractivity contribution in [2.75, 3.05) is 43.1 Å². The average Bonchev–Trinajstić information content (AvgIpc) is 3.56. The molecule has 0 radical (unpaired) electrons. The van der Waals surface area contributed by atoms with Crippen LogP contribution in [0.5, 0.6) is 0 Å². The summed E-state index contributed by atoms with van der Waals surface area (Å²) in [6.07, 6.45) is 2.16. The second-order valence-electron chi connectivity index (χ2n) is 7.84. The van der Waals surface area contributed by atoms with Gasteiger partial charge in [0, 0.05) is 55.8 Å². The minimum atomic E-state index is -0.164. The van der Waals surface area contributed by atoms with Crippen LogP contribution >= 0.6 is 11.8 Å². The number of aliphatic imine (C=N–C) groups is 1. The monoisotopic (exact) mass is 412 g/mol. The van der Waals surface area contributed by atoms with Crippen molar-refractivity contribution in [2.45, 2.75) is 24.8 Å². The zero-order valence-electron chi connectivity index (χ0n) is 17.0. The smallest absolute Gasteiger partial charge is 0.191 e. The highest BCUT2D eigenvalue weighted by molar-refractivity contribution is 7.99. The second-order valence-corrected chi connectivity index (χ2v) is 9.06.